The van der Waals surface area contributed by atoms with Crippen LogP contribution in [0.25, 0.3) is 27.6 Å². The van der Waals surface area contributed by atoms with Crippen LogP contribution in [0.5, 0.6) is 11.5 Å². The van der Waals surface area contributed by atoms with Crippen LogP contribution >= 0.6 is 0 Å². The molecule has 48 heavy (non-hydrogen) atoms. The van der Waals surface area contributed by atoms with Gasteiger partial charge in [0.25, 0.3) is 0 Å². The molecule has 0 saturated carbocycles. The second kappa shape index (κ2) is 12.3. The molecule has 0 N–H and O–H groups in total. The number of nitrogens with zero attached hydrogens (tertiary/aromatic N) is 4. The zero-order chi connectivity index (χ0) is 37.3. The van der Waals surface area contributed by atoms with Crippen molar-refractivity contribution in [2.75, 3.05) is 9.80 Å². The summed E-state index contributed by atoms with van der Waals surface area (Å²) in [6.07, 6.45) is 1.44. The maximum absolute atomic E-state index is 8.27. The fraction of sp³-hybridized carbons (Fsp3) is 0.143. The predicted molar refractivity (Wildman–Crippen MR) is 192 cm³/mol. The van der Waals surface area contributed by atoms with Crippen LogP contribution in [0.1, 0.15) is 45.7 Å². The van der Waals surface area contributed by atoms with Crippen LogP contribution in [0.4, 0.5) is 22.7 Å². The number of rotatable bonds is 5. The number of aryl methyl sites for hydroxylation is 2. The van der Waals surface area contributed by atoms with Crippen molar-refractivity contribution < 1.29 is 34.0 Å². The van der Waals surface area contributed by atoms with Gasteiger partial charge >= 0.3 is 0 Å². The Hall–Kier alpha value is -4.86. The number of pyridine rings is 1. The van der Waals surface area contributed by atoms with Crippen LogP contribution < -0.4 is 14.5 Å². The summed E-state index contributed by atoms with van der Waals surface area (Å²) in [6.45, 7) is 3.92. The van der Waals surface area contributed by atoms with Gasteiger partial charge in [-0.1, -0.05) is 68.2 Å². The third-order valence-electron chi connectivity index (χ3n) is 8.50. The van der Waals surface area contributed by atoms with Crippen molar-refractivity contribution in [3.8, 4) is 17.3 Å². The molecule has 0 bridgehead atoms. The summed E-state index contributed by atoms with van der Waals surface area (Å²) in [5, 5.41) is 1.14. The summed E-state index contributed by atoms with van der Waals surface area (Å²) >= 11 is 0. The smallest absolute Gasteiger partial charge is 0.135 e. The Morgan fingerprint density at radius 3 is 2.38 bits per heavy atom. The summed E-state index contributed by atoms with van der Waals surface area (Å²) in [7, 11) is 0. The van der Waals surface area contributed by atoms with Gasteiger partial charge in [-0.3, -0.25) is 0 Å². The number of aromatic nitrogens is 2. The predicted octanol–water partition coefficient (Wildman–Crippen LogP) is 10.9. The first kappa shape index (κ1) is 25.2. The second-order valence-electron chi connectivity index (χ2n) is 12.7. The molecule has 0 saturated heterocycles. The topological polar surface area (TPSA) is 33.5 Å². The third-order valence-corrected chi connectivity index (χ3v) is 8.50. The van der Waals surface area contributed by atoms with E-state index < -0.39 is 13.7 Å². The number of fused-ring (bicyclic) bond motifs is 4. The fourth-order valence-corrected chi connectivity index (χ4v) is 6.20. The number of para-hydroxylation sites is 2. The first-order valence-corrected chi connectivity index (χ1v) is 15.5. The minimum Gasteiger partial charge on any atom is -0.509 e. The van der Waals surface area contributed by atoms with Gasteiger partial charge in [-0.25, -0.2) is 4.98 Å². The van der Waals surface area contributed by atoms with E-state index in [1.54, 1.807) is 34.9 Å². The normalized spacial score (nSPS) is 15.1. The molecule has 1 aliphatic rings. The van der Waals surface area contributed by atoms with E-state index in [1.165, 1.54) is 23.9 Å². The molecule has 8 rings (SSSR count). The summed E-state index contributed by atoms with van der Waals surface area (Å²) < 4.78 is 56.9. The third kappa shape index (κ3) is 5.56. The van der Waals surface area contributed by atoms with Gasteiger partial charge in [0.2, 0.25) is 0 Å². The minimum atomic E-state index is -2.40. The monoisotopic (exact) mass is 812 g/mol. The van der Waals surface area contributed by atoms with E-state index in [-0.39, 0.29) is 37.6 Å². The van der Waals surface area contributed by atoms with Gasteiger partial charge in [0.1, 0.15) is 5.82 Å². The molecule has 0 radical (unpaired) electrons. The molecular formula is C42H35N4OPt-3. The van der Waals surface area contributed by atoms with Gasteiger partial charge in [0.15, 0.2) is 0 Å². The van der Waals surface area contributed by atoms with Crippen LogP contribution in [0.15, 0.2) is 115 Å². The van der Waals surface area contributed by atoms with Gasteiger partial charge in [-0.15, -0.1) is 48.1 Å². The fourth-order valence-electron chi connectivity index (χ4n) is 6.20. The van der Waals surface area contributed by atoms with Crippen molar-refractivity contribution >= 4 is 44.6 Å². The first-order chi connectivity index (χ1) is 25.2. The zero-order valence-corrected chi connectivity index (χ0v) is 28.8. The maximum Gasteiger partial charge on any atom is 0.135 e. The molecule has 2 aromatic heterocycles. The molecule has 5 nitrogen and oxygen atoms in total. The van der Waals surface area contributed by atoms with Gasteiger partial charge in [-0.2, -0.15) is 12.1 Å². The Morgan fingerprint density at radius 1 is 0.771 bits per heavy atom. The first-order valence-electron chi connectivity index (χ1n) is 18.5. The molecule has 5 aromatic carbocycles. The van der Waals surface area contributed by atoms with Crippen LogP contribution in [-0.2, 0) is 26.5 Å². The molecule has 1 aliphatic heterocycles. The van der Waals surface area contributed by atoms with Gasteiger partial charge in [0.05, 0.1) is 0 Å². The van der Waals surface area contributed by atoms with Gasteiger partial charge in [0, 0.05) is 69.6 Å². The molecule has 0 atom stereocenters. The maximum atomic E-state index is 8.27. The molecule has 0 fully saturated rings. The number of hydrogen-bond donors (Lipinski definition) is 0. The van der Waals surface area contributed by atoms with Crippen molar-refractivity contribution in [3.05, 3.63) is 151 Å². The zero-order valence-electron chi connectivity index (χ0n) is 32.6. The van der Waals surface area contributed by atoms with E-state index in [1.807, 2.05) is 30.3 Å². The average molecular weight is 813 g/mol. The summed E-state index contributed by atoms with van der Waals surface area (Å²) in [5.74, 6) is 1.14. The van der Waals surface area contributed by atoms with E-state index in [9.17, 15) is 0 Å². The van der Waals surface area contributed by atoms with Crippen molar-refractivity contribution in [3.63, 3.8) is 0 Å². The molecular weight excluding hydrogens is 772 g/mol. The van der Waals surface area contributed by atoms with Gasteiger partial charge < -0.3 is 19.1 Å². The standard InChI is InChI=1S/C42H35N4O.Pt/c1-28-21-22-43-40(23-28)46-38-18-8-11-29(2)41(38)35-20-19-34(26-39(35)46)47-33-15-10-14-32(25-33)45-27-44(36-16-6-7-17-37(36)45)31-13-9-12-30(24-31)42(3,4)5;/h6-24,27H,1-5H3;/q-3;/i1D3,2D3;. The summed E-state index contributed by atoms with van der Waals surface area (Å²) in [6, 6.07) is 40.8. The Kier molecular flexibility index (Phi) is 6.46. The van der Waals surface area contributed by atoms with Crippen molar-refractivity contribution in [1.82, 2.24) is 9.55 Å². The second-order valence-corrected chi connectivity index (χ2v) is 12.7. The minimum absolute atomic E-state index is 0. The summed E-state index contributed by atoms with van der Waals surface area (Å²) in [4.78, 5) is 8.77. The van der Waals surface area contributed by atoms with Crippen molar-refractivity contribution in [1.29, 1.82) is 0 Å². The molecule has 0 spiro atoms. The number of hydrogen-bond acceptors (Lipinski definition) is 4. The SMILES string of the molecule is [2H]C([2H])([2H])c1ccnc(-n2c3[c-]c(Oc4[c-]c(N5[CH-]N(c6cccc(C(C)(C)C)c6)c6ccccc65)ccc4)ccc3c3c(C([2H])([2H])[2H])cccc32)c1.[Pt]. The molecule has 7 aromatic rings. The molecule has 0 unspecified atom stereocenters. The van der Waals surface area contributed by atoms with E-state index in [2.05, 4.69) is 90.8 Å². The van der Waals surface area contributed by atoms with Crippen molar-refractivity contribution in [2.45, 2.75) is 39.9 Å². The summed E-state index contributed by atoms with van der Waals surface area (Å²) in [5.41, 5.74) is 6.45. The van der Waals surface area contributed by atoms with E-state index in [0.717, 1.165) is 22.7 Å². The van der Waals surface area contributed by atoms with Crippen LogP contribution in [0.2, 0.25) is 0 Å². The quantitative estimate of drug-likeness (QED) is 0.162. The van der Waals surface area contributed by atoms with E-state index >= 15 is 0 Å². The molecule has 6 heteroatoms. The number of anilines is 4. The van der Waals surface area contributed by atoms with Crippen molar-refractivity contribution in [2.24, 2.45) is 0 Å². The number of benzene rings is 5. The Morgan fingerprint density at radius 2 is 1.56 bits per heavy atom. The van der Waals surface area contributed by atoms with Crippen LogP contribution in [-0.4, -0.2) is 9.55 Å². The number of ether oxygens (including phenoxy) is 1. The van der Waals surface area contributed by atoms with Crippen LogP contribution in [0.3, 0.4) is 0 Å². The Bertz CT molecular complexity index is 2520. The Labute approximate surface area is 305 Å². The molecule has 3 heterocycles. The van der Waals surface area contributed by atoms with Crippen LogP contribution in [0, 0.1) is 32.5 Å². The molecule has 242 valence electrons. The molecule has 0 amide bonds. The Balaban J connectivity index is 0.00000450. The van der Waals surface area contributed by atoms with E-state index in [4.69, 9.17) is 13.0 Å². The molecule has 0 aliphatic carbocycles. The largest absolute Gasteiger partial charge is 0.509 e. The van der Waals surface area contributed by atoms with Gasteiger partial charge in [-0.05, 0) is 78.1 Å². The van der Waals surface area contributed by atoms with E-state index in [0.29, 0.717) is 39.1 Å². The average Bonchev–Trinajstić information content (AvgIpc) is 3.67.